The summed E-state index contributed by atoms with van der Waals surface area (Å²) in [5.74, 6) is 1.68. The molecule has 5 nitrogen and oxygen atoms in total. The van der Waals surface area contributed by atoms with Crippen LogP contribution in [0.4, 0.5) is 0 Å². The zero-order valence-corrected chi connectivity index (χ0v) is 13.9. The van der Waals surface area contributed by atoms with Crippen LogP contribution in [0.25, 0.3) is 16.6 Å². The van der Waals surface area contributed by atoms with Crippen LogP contribution in [0.5, 0.6) is 5.75 Å². The third kappa shape index (κ3) is 2.51. The lowest BCUT2D eigenvalue weighted by atomic mass is 10.1. The Balaban J connectivity index is 1.75. The van der Waals surface area contributed by atoms with Gasteiger partial charge in [-0.05, 0) is 48.1 Å². The number of nitrogens with zero attached hydrogens (tertiary/aromatic N) is 2. The number of aromatic amines is 2. The first-order chi connectivity index (χ1) is 11.8. The molecule has 24 heavy (non-hydrogen) atoms. The monoisotopic (exact) mass is 336 g/mol. The van der Waals surface area contributed by atoms with Gasteiger partial charge in [0.05, 0.1) is 7.11 Å². The van der Waals surface area contributed by atoms with Gasteiger partial charge in [-0.25, -0.2) is 0 Å². The third-order valence-corrected chi connectivity index (χ3v) is 4.37. The van der Waals surface area contributed by atoms with Crippen molar-refractivity contribution in [2.45, 2.75) is 6.42 Å². The van der Waals surface area contributed by atoms with Crippen molar-refractivity contribution in [3.05, 3.63) is 70.9 Å². The van der Waals surface area contributed by atoms with Crippen molar-refractivity contribution in [2.75, 3.05) is 7.11 Å². The lowest BCUT2D eigenvalue weighted by Crippen LogP contribution is -2.02. The minimum Gasteiger partial charge on any atom is -0.497 e. The second-order valence-corrected chi connectivity index (χ2v) is 5.90. The normalized spacial score (nSPS) is 11.0. The van der Waals surface area contributed by atoms with E-state index in [1.54, 1.807) is 7.11 Å². The van der Waals surface area contributed by atoms with Gasteiger partial charge in [0.15, 0.2) is 4.77 Å². The molecular weight excluding hydrogens is 320 g/mol. The lowest BCUT2D eigenvalue weighted by molar-refractivity contribution is 0.414. The number of hydrogen-bond acceptors (Lipinski definition) is 3. The number of nitrogens with one attached hydrogen (secondary N) is 2. The first-order valence-electron chi connectivity index (χ1n) is 7.62. The molecule has 2 aromatic heterocycles. The fourth-order valence-corrected chi connectivity index (χ4v) is 3.15. The number of para-hydroxylation sites is 1. The molecule has 0 radical (unpaired) electrons. The molecule has 0 spiro atoms. The summed E-state index contributed by atoms with van der Waals surface area (Å²) in [6, 6.07) is 16.0. The molecular formula is C18H16N4OS. The minimum absolute atomic E-state index is 0.579. The van der Waals surface area contributed by atoms with Crippen molar-refractivity contribution < 1.29 is 4.74 Å². The molecule has 0 saturated heterocycles. The highest BCUT2D eigenvalue weighted by Crippen LogP contribution is 2.22. The maximum Gasteiger partial charge on any atom is 0.199 e. The first-order valence-corrected chi connectivity index (χ1v) is 8.03. The fourth-order valence-electron chi connectivity index (χ4n) is 2.89. The predicted molar refractivity (Wildman–Crippen MR) is 96.4 cm³/mol. The summed E-state index contributed by atoms with van der Waals surface area (Å²) in [4.78, 5) is 3.30. The van der Waals surface area contributed by atoms with E-state index in [1.807, 2.05) is 47.2 Å². The zero-order chi connectivity index (χ0) is 16.5. The van der Waals surface area contributed by atoms with Crippen molar-refractivity contribution in [3.8, 4) is 11.4 Å². The summed E-state index contributed by atoms with van der Waals surface area (Å²) in [7, 11) is 1.65. The van der Waals surface area contributed by atoms with E-state index in [0.717, 1.165) is 22.8 Å². The molecule has 0 unspecified atom stereocenters. The Hall–Kier alpha value is -2.86. The van der Waals surface area contributed by atoms with Gasteiger partial charge >= 0.3 is 0 Å². The number of H-pyrrole nitrogens is 2. The molecule has 0 aliphatic carbocycles. The van der Waals surface area contributed by atoms with Gasteiger partial charge in [-0.2, -0.15) is 5.10 Å². The van der Waals surface area contributed by atoms with E-state index in [0.29, 0.717) is 11.2 Å². The highest BCUT2D eigenvalue weighted by atomic mass is 32.1. The van der Waals surface area contributed by atoms with Crippen molar-refractivity contribution in [3.63, 3.8) is 0 Å². The number of ether oxygens (including phenoxy) is 1. The van der Waals surface area contributed by atoms with Crippen LogP contribution in [0, 0.1) is 4.77 Å². The average molecular weight is 336 g/mol. The van der Waals surface area contributed by atoms with Crippen LogP contribution in [-0.2, 0) is 6.42 Å². The van der Waals surface area contributed by atoms with Crippen molar-refractivity contribution in [1.82, 2.24) is 19.7 Å². The van der Waals surface area contributed by atoms with Crippen molar-refractivity contribution in [1.29, 1.82) is 0 Å². The van der Waals surface area contributed by atoms with E-state index < -0.39 is 0 Å². The summed E-state index contributed by atoms with van der Waals surface area (Å²) in [6.07, 6.45) is 2.71. The average Bonchev–Trinajstić information content (AvgIpc) is 3.19. The Bertz CT molecular complexity index is 1040. The Kier molecular flexibility index (Phi) is 3.66. The van der Waals surface area contributed by atoms with Crippen LogP contribution in [0.2, 0.25) is 0 Å². The van der Waals surface area contributed by atoms with Gasteiger partial charge in [0.25, 0.3) is 0 Å². The number of hydrogen-bond donors (Lipinski definition) is 2. The SMILES string of the molecule is COc1ccc(-n2c(Cc3c[nH]c4ccccc34)n[nH]c2=S)cc1. The second kappa shape index (κ2) is 5.98. The van der Waals surface area contributed by atoms with Gasteiger partial charge in [0.2, 0.25) is 0 Å². The minimum atomic E-state index is 0.579. The molecule has 0 saturated carbocycles. The number of fused-ring (bicyclic) bond motifs is 1. The summed E-state index contributed by atoms with van der Waals surface area (Å²) in [5, 5.41) is 8.52. The van der Waals surface area contributed by atoms with Crippen LogP contribution >= 0.6 is 12.2 Å². The fraction of sp³-hybridized carbons (Fsp3) is 0.111. The van der Waals surface area contributed by atoms with E-state index in [1.165, 1.54) is 10.9 Å². The third-order valence-electron chi connectivity index (χ3n) is 4.10. The van der Waals surface area contributed by atoms with Crippen molar-refractivity contribution in [2.24, 2.45) is 0 Å². The van der Waals surface area contributed by atoms with Gasteiger partial charge < -0.3 is 9.72 Å². The zero-order valence-electron chi connectivity index (χ0n) is 13.1. The number of aromatic nitrogens is 4. The molecule has 2 heterocycles. The van der Waals surface area contributed by atoms with Crippen LogP contribution in [0.3, 0.4) is 0 Å². The molecule has 2 N–H and O–H groups in total. The van der Waals surface area contributed by atoms with Crippen LogP contribution < -0.4 is 4.74 Å². The predicted octanol–water partition coefficient (Wildman–Crippen LogP) is 4.01. The van der Waals surface area contributed by atoms with E-state index in [2.05, 4.69) is 27.3 Å². The number of benzene rings is 2. The van der Waals surface area contributed by atoms with E-state index in [4.69, 9.17) is 17.0 Å². The van der Waals surface area contributed by atoms with Gasteiger partial charge in [0, 0.05) is 29.2 Å². The molecule has 4 rings (SSSR count). The van der Waals surface area contributed by atoms with Gasteiger partial charge in [-0.1, -0.05) is 18.2 Å². The summed E-state index contributed by atoms with van der Waals surface area (Å²) >= 11 is 5.41. The second-order valence-electron chi connectivity index (χ2n) is 5.51. The molecule has 0 aliphatic rings. The highest BCUT2D eigenvalue weighted by molar-refractivity contribution is 7.71. The molecule has 0 atom stereocenters. The highest BCUT2D eigenvalue weighted by Gasteiger charge is 2.12. The maximum absolute atomic E-state index is 5.41. The van der Waals surface area contributed by atoms with Crippen LogP contribution in [0.1, 0.15) is 11.4 Å². The molecule has 2 aromatic carbocycles. The van der Waals surface area contributed by atoms with E-state index in [9.17, 15) is 0 Å². The first kappa shape index (κ1) is 14.7. The van der Waals surface area contributed by atoms with Gasteiger partial charge in [-0.15, -0.1) is 0 Å². The molecule has 0 fully saturated rings. The summed E-state index contributed by atoms with van der Waals surface area (Å²) < 4.78 is 7.75. The van der Waals surface area contributed by atoms with E-state index in [-0.39, 0.29) is 0 Å². The molecule has 120 valence electrons. The smallest absolute Gasteiger partial charge is 0.199 e. The summed E-state index contributed by atoms with van der Waals surface area (Å²) in [6.45, 7) is 0. The lowest BCUT2D eigenvalue weighted by Gasteiger charge is -2.07. The molecule has 0 bridgehead atoms. The topological polar surface area (TPSA) is 58.6 Å². The van der Waals surface area contributed by atoms with E-state index >= 15 is 0 Å². The molecule has 6 heteroatoms. The molecule has 0 aliphatic heterocycles. The Morgan fingerprint density at radius 1 is 1.12 bits per heavy atom. The van der Waals surface area contributed by atoms with Gasteiger partial charge in [0.1, 0.15) is 11.6 Å². The van der Waals surface area contributed by atoms with Crippen molar-refractivity contribution >= 4 is 23.1 Å². The largest absolute Gasteiger partial charge is 0.497 e. The molecule has 4 aromatic rings. The number of rotatable bonds is 4. The van der Waals surface area contributed by atoms with Crippen LogP contribution in [-0.4, -0.2) is 26.9 Å². The summed E-state index contributed by atoms with van der Waals surface area (Å²) in [5.41, 5.74) is 3.27. The van der Waals surface area contributed by atoms with Crippen LogP contribution in [0.15, 0.2) is 54.7 Å². The Morgan fingerprint density at radius 3 is 2.71 bits per heavy atom. The number of methoxy groups -OCH3 is 1. The quantitative estimate of drug-likeness (QED) is 0.554. The Labute approximate surface area is 143 Å². The Morgan fingerprint density at radius 2 is 1.92 bits per heavy atom. The van der Waals surface area contributed by atoms with Gasteiger partial charge in [-0.3, -0.25) is 9.67 Å². The standard InChI is InChI=1S/C18H16N4OS/c1-23-14-8-6-13(7-9-14)22-17(20-21-18(22)24)10-12-11-19-16-5-3-2-4-15(12)16/h2-9,11,19H,10H2,1H3,(H,21,24). The molecule has 0 amide bonds. The maximum atomic E-state index is 5.41.